The molecule has 0 aliphatic carbocycles. The summed E-state index contributed by atoms with van der Waals surface area (Å²) in [6.07, 6.45) is 0. The molecule has 2 aromatic heterocycles. The third-order valence-corrected chi connectivity index (χ3v) is 12.2. The van der Waals surface area contributed by atoms with Gasteiger partial charge in [-0.15, -0.1) is 0 Å². The number of aromatic nitrogens is 1. The van der Waals surface area contributed by atoms with Crippen LogP contribution in [0.15, 0.2) is 235 Å². The van der Waals surface area contributed by atoms with Crippen LogP contribution in [0.5, 0.6) is 0 Å². The Kier molecular flexibility index (Phi) is 8.17. The third kappa shape index (κ3) is 5.90. The van der Waals surface area contributed by atoms with Crippen LogP contribution >= 0.6 is 0 Å². The molecule has 0 saturated heterocycles. The second-order valence-electron chi connectivity index (χ2n) is 15.7. The molecule has 12 rings (SSSR count). The van der Waals surface area contributed by atoms with Crippen molar-refractivity contribution in [2.24, 2.45) is 0 Å². The predicted octanol–water partition coefficient (Wildman–Crippen LogP) is 16.3. The molecule has 2 heterocycles. The fraction of sp³-hybridized carbons (Fsp3) is 0. The van der Waals surface area contributed by atoms with E-state index in [0.29, 0.717) is 0 Å². The molecule has 61 heavy (non-hydrogen) atoms. The summed E-state index contributed by atoms with van der Waals surface area (Å²) in [4.78, 5) is 2.33. The van der Waals surface area contributed by atoms with Gasteiger partial charge in [0.25, 0.3) is 0 Å². The monoisotopic (exact) mass is 778 g/mol. The summed E-state index contributed by atoms with van der Waals surface area (Å²) in [6, 6.07) is 82.7. The van der Waals surface area contributed by atoms with Gasteiger partial charge in [-0.3, -0.25) is 0 Å². The quantitative estimate of drug-likeness (QED) is 0.161. The fourth-order valence-corrected chi connectivity index (χ4v) is 9.34. The van der Waals surface area contributed by atoms with Crippen LogP contribution in [0.4, 0.5) is 17.1 Å². The number of nitrogens with zero attached hydrogens (tertiary/aromatic N) is 2. The highest BCUT2D eigenvalue weighted by atomic mass is 16.3. The maximum atomic E-state index is 6.95. The van der Waals surface area contributed by atoms with Gasteiger partial charge in [0.05, 0.1) is 11.0 Å². The van der Waals surface area contributed by atoms with Crippen molar-refractivity contribution >= 4 is 71.6 Å². The highest BCUT2D eigenvalue weighted by Crippen LogP contribution is 2.44. The molecular weight excluding hydrogens is 741 g/mol. The lowest BCUT2D eigenvalue weighted by Gasteiger charge is -2.26. The Morgan fingerprint density at radius 2 is 0.869 bits per heavy atom. The number of hydrogen-bond donors (Lipinski definition) is 0. The van der Waals surface area contributed by atoms with Crippen molar-refractivity contribution in [3.63, 3.8) is 0 Å². The summed E-state index contributed by atoms with van der Waals surface area (Å²) in [5.41, 5.74) is 15.4. The number of furan rings is 1. The highest BCUT2D eigenvalue weighted by molar-refractivity contribution is 6.23. The van der Waals surface area contributed by atoms with Gasteiger partial charge in [0.2, 0.25) is 0 Å². The van der Waals surface area contributed by atoms with Crippen molar-refractivity contribution in [2.75, 3.05) is 4.90 Å². The van der Waals surface area contributed by atoms with Gasteiger partial charge in [0, 0.05) is 50.4 Å². The van der Waals surface area contributed by atoms with Crippen LogP contribution < -0.4 is 4.90 Å². The van der Waals surface area contributed by atoms with Gasteiger partial charge in [-0.1, -0.05) is 158 Å². The first kappa shape index (κ1) is 34.9. The van der Waals surface area contributed by atoms with Gasteiger partial charge in [-0.2, -0.15) is 0 Å². The molecule has 0 aliphatic rings. The SMILES string of the molecule is c1ccc(-c2ccc(N(c3cccc(-c4ccccc4)c3)c3ccc4c(c3)oc3cc(-c5ccc6c7ccccc7n(-c7ccccc7)c6c5)c5ccccc5c34)cc2)cc1. The zero-order valence-corrected chi connectivity index (χ0v) is 33.2. The molecule has 0 fully saturated rings. The molecule has 0 N–H and O–H groups in total. The van der Waals surface area contributed by atoms with Crippen molar-refractivity contribution in [3.05, 3.63) is 231 Å². The lowest BCUT2D eigenvalue weighted by Crippen LogP contribution is -2.10. The van der Waals surface area contributed by atoms with Gasteiger partial charge in [0.1, 0.15) is 11.2 Å². The highest BCUT2D eigenvalue weighted by Gasteiger charge is 2.20. The van der Waals surface area contributed by atoms with Crippen LogP contribution in [0.2, 0.25) is 0 Å². The summed E-state index contributed by atoms with van der Waals surface area (Å²) in [6.45, 7) is 0. The van der Waals surface area contributed by atoms with Crippen LogP contribution in [0.25, 0.3) is 93.6 Å². The second kappa shape index (κ2) is 14.3. The van der Waals surface area contributed by atoms with Crippen LogP contribution in [-0.4, -0.2) is 4.57 Å². The number of para-hydroxylation sites is 2. The minimum Gasteiger partial charge on any atom is -0.456 e. The van der Waals surface area contributed by atoms with Crippen molar-refractivity contribution < 1.29 is 4.42 Å². The summed E-state index contributed by atoms with van der Waals surface area (Å²) in [5, 5.41) is 7.08. The Morgan fingerprint density at radius 3 is 1.64 bits per heavy atom. The number of fused-ring (bicyclic) bond motifs is 8. The van der Waals surface area contributed by atoms with E-state index < -0.39 is 0 Å². The number of hydrogen-bond acceptors (Lipinski definition) is 2. The first-order valence-electron chi connectivity index (χ1n) is 20.8. The Bertz CT molecular complexity index is 3570. The second-order valence-corrected chi connectivity index (χ2v) is 15.7. The minimum absolute atomic E-state index is 0.847. The molecule has 12 aromatic rings. The standard InChI is InChI=1S/C58H38N2O/c1-4-15-39(16-5-1)41-27-30-45(31-28-41)59(46-22-14-19-42(35-46)40-17-6-2-7-18-40)47-32-34-52-56(37-47)61-57-38-53(48-23-10-11-25-51(48)58(52)57)43-29-33-50-49-24-12-13-26-54(49)60(55(50)36-43)44-20-8-3-9-21-44/h1-38H. The third-order valence-electron chi connectivity index (χ3n) is 12.2. The van der Waals surface area contributed by atoms with E-state index in [1.54, 1.807) is 0 Å². The maximum Gasteiger partial charge on any atom is 0.137 e. The normalized spacial score (nSPS) is 11.6. The Morgan fingerprint density at radius 1 is 0.311 bits per heavy atom. The van der Waals surface area contributed by atoms with E-state index in [-0.39, 0.29) is 0 Å². The molecule has 3 nitrogen and oxygen atoms in total. The fourth-order valence-electron chi connectivity index (χ4n) is 9.34. The van der Waals surface area contributed by atoms with Crippen molar-refractivity contribution in [1.82, 2.24) is 4.57 Å². The number of anilines is 3. The molecule has 286 valence electrons. The molecular formula is C58H38N2O. The van der Waals surface area contributed by atoms with Gasteiger partial charge in [-0.25, -0.2) is 0 Å². The molecule has 10 aromatic carbocycles. The molecule has 0 unspecified atom stereocenters. The lowest BCUT2D eigenvalue weighted by molar-refractivity contribution is 0.669. The largest absolute Gasteiger partial charge is 0.456 e. The molecule has 0 amide bonds. The average molecular weight is 779 g/mol. The predicted molar refractivity (Wildman–Crippen MR) is 257 cm³/mol. The molecule has 0 radical (unpaired) electrons. The van der Waals surface area contributed by atoms with Crippen LogP contribution in [0.3, 0.4) is 0 Å². The van der Waals surface area contributed by atoms with Gasteiger partial charge in [0.15, 0.2) is 0 Å². The molecule has 0 bridgehead atoms. The van der Waals surface area contributed by atoms with Crippen LogP contribution in [-0.2, 0) is 0 Å². The molecule has 0 aliphatic heterocycles. The minimum atomic E-state index is 0.847. The average Bonchev–Trinajstić information content (AvgIpc) is 3.88. The smallest absolute Gasteiger partial charge is 0.137 e. The van der Waals surface area contributed by atoms with E-state index in [1.165, 1.54) is 49.3 Å². The van der Waals surface area contributed by atoms with Gasteiger partial charge < -0.3 is 13.9 Å². The van der Waals surface area contributed by atoms with E-state index in [4.69, 9.17) is 4.42 Å². The molecule has 0 saturated carbocycles. The Balaban J connectivity index is 1.03. The number of benzene rings is 10. The zero-order chi connectivity index (χ0) is 40.3. The van der Waals surface area contributed by atoms with E-state index in [0.717, 1.165) is 61.4 Å². The van der Waals surface area contributed by atoms with Gasteiger partial charge >= 0.3 is 0 Å². The summed E-state index contributed by atoms with van der Waals surface area (Å²) < 4.78 is 9.34. The maximum absolute atomic E-state index is 6.95. The van der Waals surface area contributed by atoms with Crippen LogP contribution in [0, 0.1) is 0 Å². The lowest BCUT2D eigenvalue weighted by atomic mass is 9.94. The van der Waals surface area contributed by atoms with Crippen molar-refractivity contribution in [1.29, 1.82) is 0 Å². The van der Waals surface area contributed by atoms with Crippen molar-refractivity contribution in [3.8, 4) is 39.1 Å². The summed E-state index contributed by atoms with van der Waals surface area (Å²) in [7, 11) is 0. The van der Waals surface area contributed by atoms with Crippen molar-refractivity contribution in [2.45, 2.75) is 0 Å². The summed E-state index contributed by atoms with van der Waals surface area (Å²) >= 11 is 0. The van der Waals surface area contributed by atoms with E-state index in [2.05, 4.69) is 240 Å². The Labute approximate surface area is 353 Å². The summed E-state index contributed by atoms with van der Waals surface area (Å²) in [5.74, 6) is 0. The van der Waals surface area contributed by atoms with E-state index in [9.17, 15) is 0 Å². The first-order valence-corrected chi connectivity index (χ1v) is 20.8. The first-order chi connectivity index (χ1) is 30.2. The van der Waals surface area contributed by atoms with E-state index >= 15 is 0 Å². The Hall–Kier alpha value is -8.14. The number of rotatable bonds is 7. The topological polar surface area (TPSA) is 21.3 Å². The zero-order valence-electron chi connectivity index (χ0n) is 33.2. The molecule has 0 atom stereocenters. The van der Waals surface area contributed by atoms with E-state index in [1.807, 2.05) is 0 Å². The van der Waals surface area contributed by atoms with Crippen LogP contribution in [0.1, 0.15) is 0 Å². The molecule has 3 heteroatoms. The van der Waals surface area contributed by atoms with Gasteiger partial charge in [-0.05, 0) is 111 Å². The molecule has 0 spiro atoms.